The SMILES string of the molecule is SCc1ccc(-c2cnc(-c3ccccc3)nc2)cc1. The second kappa shape index (κ2) is 5.88. The van der Waals surface area contributed by atoms with E-state index < -0.39 is 0 Å². The standard InChI is InChI=1S/C17H14N2S/c20-12-13-6-8-14(9-7-13)16-10-18-17(19-11-16)15-4-2-1-3-5-15/h1-11,20H,12H2. The van der Waals surface area contributed by atoms with Crippen LogP contribution in [0.1, 0.15) is 5.56 Å². The lowest BCUT2D eigenvalue weighted by atomic mass is 10.1. The Kier molecular flexibility index (Phi) is 3.79. The van der Waals surface area contributed by atoms with E-state index in [2.05, 4.69) is 46.9 Å². The highest BCUT2D eigenvalue weighted by molar-refractivity contribution is 7.79. The molecule has 3 heteroatoms. The third kappa shape index (κ3) is 2.73. The second-order valence-corrected chi connectivity index (χ2v) is 4.83. The van der Waals surface area contributed by atoms with Gasteiger partial charge >= 0.3 is 0 Å². The number of thiol groups is 1. The molecule has 0 atom stereocenters. The first-order valence-corrected chi connectivity index (χ1v) is 7.08. The predicted octanol–water partition coefficient (Wildman–Crippen LogP) is 4.24. The number of hydrogen-bond acceptors (Lipinski definition) is 3. The fourth-order valence-corrected chi connectivity index (χ4v) is 2.23. The quantitative estimate of drug-likeness (QED) is 0.725. The Balaban J connectivity index is 1.89. The van der Waals surface area contributed by atoms with Crippen molar-refractivity contribution in [3.05, 3.63) is 72.6 Å². The zero-order valence-corrected chi connectivity index (χ0v) is 11.8. The van der Waals surface area contributed by atoms with Crippen LogP contribution in [0.25, 0.3) is 22.5 Å². The van der Waals surface area contributed by atoms with Crippen LogP contribution in [0.2, 0.25) is 0 Å². The summed E-state index contributed by atoms with van der Waals surface area (Å²) in [6, 6.07) is 18.3. The molecule has 0 spiro atoms. The minimum atomic E-state index is 0.751. The fraction of sp³-hybridized carbons (Fsp3) is 0.0588. The van der Waals surface area contributed by atoms with E-state index in [1.54, 1.807) is 0 Å². The summed E-state index contributed by atoms with van der Waals surface area (Å²) in [6.45, 7) is 0. The van der Waals surface area contributed by atoms with E-state index >= 15 is 0 Å². The van der Waals surface area contributed by atoms with Crippen LogP contribution in [0.5, 0.6) is 0 Å². The topological polar surface area (TPSA) is 25.8 Å². The molecular weight excluding hydrogens is 264 g/mol. The summed E-state index contributed by atoms with van der Waals surface area (Å²) in [7, 11) is 0. The van der Waals surface area contributed by atoms with E-state index in [0.29, 0.717) is 0 Å². The zero-order valence-electron chi connectivity index (χ0n) is 10.9. The highest BCUT2D eigenvalue weighted by Gasteiger charge is 2.02. The first-order chi connectivity index (χ1) is 9.86. The molecule has 2 aromatic carbocycles. The van der Waals surface area contributed by atoms with Crippen molar-refractivity contribution >= 4 is 12.6 Å². The van der Waals surface area contributed by atoms with Gasteiger partial charge in [0.25, 0.3) is 0 Å². The van der Waals surface area contributed by atoms with Crippen molar-refractivity contribution < 1.29 is 0 Å². The summed E-state index contributed by atoms with van der Waals surface area (Å²) < 4.78 is 0. The Labute approximate surface area is 124 Å². The Morgan fingerprint density at radius 2 is 1.35 bits per heavy atom. The highest BCUT2D eigenvalue weighted by atomic mass is 32.1. The van der Waals surface area contributed by atoms with Gasteiger partial charge in [-0.15, -0.1) is 0 Å². The van der Waals surface area contributed by atoms with Crippen LogP contribution in [0.4, 0.5) is 0 Å². The Morgan fingerprint density at radius 1 is 0.700 bits per heavy atom. The Morgan fingerprint density at radius 3 is 1.95 bits per heavy atom. The van der Waals surface area contributed by atoms with Crippen molar-refractivity contribution in [3.8, 4) is 22.5 Å². The van der Waals surface area contributed by atoms with Crippen molar-refractivity contribution in [3.63, 3.8) is 0 Å². The minimum absolute atomic E-state index is 0.751. The largest absolute Gasteiger partial charge is 0.236 e. The maximum Gasteiger partial charge on any atom is 0.159 e. The van der Waals surface area contributed by atoms with Crippen molar-refractivity contribution in [1.29, 1.82) is 0 Å². The lowest BCUT2D eigenvalue weighted by Gasteiger charge is -2.04. The molecule has 0 saturated carbocycles. The molecule has 0 unspecified atom stereocenters. The molecule has 0 N–H and O–H groups in total. The smallest absolute Gasteiger partial charge is 0.159 e. The molecule has 0 aliphatic rings. The van der Waals surface area contributed by atoms with E-state index in [-0.39, 0.29) is 0 Å². The van der Waals surface area contributed by atoms with Gasteiger partial charge in [-0.1, -0.05) is 54.6 Å². The molecule has 20 heavy (non-hydrogen) atoms. The molecule has 3 aromatic rings. The van der Waals surface area contributed by atoms with E-state index in [9.17, 15) is 0 Å². The number of hydrogen-bond donors (Lipinski definition) is 1. The minimum Gasteiger partial charge on any atom is -0.236 e. The van der Waals surface area contributed by atoms with Crippen LogP contribution < -0.4 is 0 Å². The van der Waals surface area contributed by atoms with E-state index in [1.165, 1.54) is 5.56 Å². The normalized spacial score (nSPS) is 10.4. The molecular formula is C17H14N2S. The maximum absolute atomic E-state index is 4.44. The average molecular weight is 278 g/mol. The van der Waals surface area contributed by atoms with Crippen LogP contribution in [0.15, 0.2) is 67.0 Å². The number of nitrogens with zero attached hydrogens (tertiary/aromatic N) is 2. The molecule has 2 nitrogen and oxygen atoms in total. The van der Waals surface area contributed by atoms with Crippen LogP contribution in [-0.2, 0) is 5.75 Å². The van der Waals surface area contributed by atoms with Gasteiger partial charge in [0.1, 0.15) is 0 Å². The van der Waals surface area contributed by atoms with Gasteiger partial charge in [0.2, 0.25) is 0 Å². The summed E-state index contributed by atoms with van der Waals surface area (Å²) in [4.78, 5) is 8.88. The summed E-state index contributed by atoms with van der Waals surface area (Å²) in [5.74, 6) is 1.50. The molecule has 98 valence electrons. The Hall–Kier alpha value is -2.13. The first-order valence-electron chi connectivity index (χ1n) is 6.44. The third-order valence-electron chi connectivity index (χ3n) is 3.15. The molecule has 0 aliphatic carbocycles. The van der Waals surface area contributed by atoms with Gasteiger partial charge in [-0.25, -0.2) is 9.97 Å². The summed E-state index contributed by atoms with van der Waals surface area (Å²) in [5.41, 5.74) is 4.38. The van der Waals surface area contributed by atoms with E-state index in [4.69, 9.17) is 0 Å². The van der Waals surface area contributed by atoms with Gasteiger partial charge in [0.15, 0.2) is 5.82 Å². The van der Waals surface area contributed by atoms with E-state index in [0.717, 1.165) is 28.3 Å². The summed E-state index contributed by atoms with van der Waals surface area (Å²) in [6.07, 6.45) is 3.73. The predicted molar refractivity (Wildman–Crippen MR) is 85.6 cm³/mol. The van der Waals surface area contributed by atoms with Gasteiger partial charge < -0.3 is 0 Å². The number of benzene rings is 2. The fourth-order valence-electron chi connectivity index (χ4n) is 2.02. The monoisotopic (exact) mass is 278 g/mol. The summed E-state index contributed by atoms with van der Waals surface area (Å²) in [5, 5.41) is 0. The van der Waals surface area contributed by atoms with E-state index in [1.807, 2.05) is 42.7 Å². The van der Waals surface area contributed by atoms with Gasteiger partial charge in [0, 0.05) is 29.3 Å². The highest BCUT2D eigenvalue weighted by Crippen LogP contribution is 2.21. The van der Waals surface area contributed by atoms with Crippen molar-refractivity contribution in [1.82, 2.24) is 9.97 Å². The lowest BCUT2D eigenvalue weighted by molar-refractivity contribution is 1.18. The molecule has 0 aliphatic heterocycles. The van der Waals surface area contributed by atoms with Gasteiger partial charge in [-0.2, -0.15) is 12.6 Å². The number of aromatic nitrogens is 2. The van der Waals surface area contributed by atoms with Crippen molar-refractivity contribution in [2.24, 2.45) is 0 Å². The van der Waals surface area contributed by atoms with Crippen LogP contribution in [0, 0.1) is 0 Å². The molecule has 0 fully saturated rings. The van der Waals surface area contributed by atoms with Gasteiger partial charge in [-0.3, -0.25) is 0 Å². The Bertz CT molecular complexity index is 676. The molecule has 3 rings (SSSR count). The third-order valence-corrected chi connectivity index (χ3v) is 3.52. The van der Waals surface area contributed by atoms with Crippen LogP contribution in [-0.4, -0.2) is 9.97 Å². The van der Waals surface area contributed by atoms with Gasteiger partial charge in [0.05, 0.1) is 0 Å². The molecule has 0 amide bonds. The lowest BCUT2D eigenvalue weighted by Crippen LogP contribution is -1.89. The summed E-state index contributed by atoms with van der Waals surface area (Å²) >= 11 is 4.26. The van der Waals surface area contributed by atoms with Crippen molar-refractivity contribution in [2.45, 2.75) is 5.75 Å². The molecule has 1 aromatic heterocycles. The maximum atomic E-state index is 4.44. The zero-order chi connectivity index (χ0) is 13.8. The van der Waals surface area contributed by atoms with Crippen LogP contribution in [0.3, 0.4) is 0 Å². The average Bonchev–Trinajstić information content (AvgIpc) is 2.56. The van der Waals surface area contributed by atoms with Crippen molar-refractivity contribution in [2.75, 3.05) is 0 Å². The molecule has 0 saturated heterocycles. The second-order valence-electron chi connectivity index (χ2n) is 4.52. The first kappa shape index (κ1) is 12.9. The molecule has 0 radical (unpaired) electrons. The molecule has 1 heterocycles. The number of rotatable bonds is 3. The van der Waals surface area contributed by atoms with Crippen LogP contribution >= 0.6 is 12.6 Å². The molecule has 0 bridgehead atoms. The van der Waals surface area contributed by atoms with Gasteiger partial charge in [-0.05, 0) is 11.1 Å².